The number of fused-ring (bicyclic) bond motifs is 1. The summed E-state index contributed by atoms with van der Waals surface area (Å²) in [6, 6.07) is 21.6. The fourth-order valence-corrected chi connectivity index (χ4v) is 3.25. The maximum absolute atomic E-state index is 8.93. The molecule has 3 N–H and O–H groups in total. The lowest BCUT2D eigenvalue weighted by molar-refractivity contribution is 0.234. The van der Waals surface area contributed by atoms with Crippen LogP contribution in [0.25, 0.3) is 27.8 Å². The molecule has 0 aliphatic carbocycles. The minimum atomic E-state index is -0.0639. The van der Waals surface area contributed by atoms with Crippen LogP contribution in [0.1, 0.15) is 12.5 Å². The second kappa shape index (κ2) is 7.54. The van der Waals surface area contributed by atoms with Crippen LogP contribution in [0.3, 0.4) is 0 Å². The van der Waals surface area contributed by atoms with Crippen molar-refractivity contribution in [3.8, 4) is 22.6 Å². The zero-order chi connectivity index (χ0) is 19.5. The molecule has 0 saturated heterocycles. The van der Waals surface area contributed by atoms with Crippen LogP contribution in [0.2, 0.25) is 0 Å². The average Bonchev–Trinajstić information content (AvgIpc) is 3.17. The molecule has 28 heavy (non-hydrogen) atoms. The van der Waals surface area contributed by atoms with Crippen molar-refractivity contribution < 1.29 is 9.94 Å². The molecule has 3 aromatic carbocycles. The van der Waals surface area contributed by atoms with Gasteiger partial charge in [0.15, 0.2) is 0 Å². The van der Waals surface area contributed by atoms with E-state index in [0.29, 0.717) is 12.2 Å². The summed E-state index contributed by atoms with van der Waals surface area (Å²) in [6.45, 7) is 2.59. The van der Waals surface area contributed by atoms with Crippen molar-refractivity contribution in [3.63, 3.8) is 0 Å². The molecule has 0 amide bonds. The number of nitrogens with one attached hydrogen (secondary N) is 2. The maximum Gasteiger partial charge on any atom is 0.149 e. The summed E-state index contributed by atoms with van der Waals surface area (Å²) in [5.41, 5.74) is 7.18. The molecule has 0 unspecified atom stereocenters. The summed E-state index contributed by atoms with van der Waals surface area (Å²) in [5.74, 6) is 0.795. The van der Waals surface area contributed by atoms with Crippen molar-refractivity contribution in [2.75, 3.05) is 6.61 Å². The Labute approximate surface area is 162 Å². The number of amidine groups is 1. The Hall–Kier alpha value is -3.64. The first-order valence-electron chi connectivity index (χ1n) is 9.00. The molecule has 0 spiro atoms. The molecule has 0 atom stereocenters. The number of ether oxygens (including phenoxy) is 1. The van der Waals surface area contributed by atoms with Gasteiger partial charge in [-0.2, -0.15) is 0 Å². The average molecular weight is 372 g/mol. The number of rotatable bonds is 5. The van der Waals surface area contributed by atoms with Gasteiger partial charge in [0.2, 0.25) is 0 Å². The van der Waals surface area contributed by atoms with E-state index in [0.717, 1.165) is 33.6 Å². The van der Waals surface area contributed by atoms with Gasteiger partial charge in [0.25, 0.3) is 0 Å². The van der Waals surface area contributed by atoms with Crippen LogP contribution >= 0.6 is 0 Å². The van der Waals surface area contributed by atoms with E-state index in [2.05, 4.69) is 23.2 Å². The van der Waals surface area contributed by atoms with E-state index < -0.39 is 0 Å². The van der Waals surface area contributed by atoms with Gasteiger partial charge in [-0.05, 0) is 48.9 Å². The molecule has 0 fully saturated rings. The SMILES string of the molecule is CCOc1ccccc1-c1cccc(-n2cnc3cc(C(=N)NO)ccc32)c1. The van der Waals surface area contributed by atoms with Crippen LogP contribution in [0.15, 0.2) is 73.1 Å². The van der Waals surface area contributed by atoms with E-state index >= 15 is 0 Å². The van der Waals surface area contributed by atoms with Gasteiger partial charge in [-0.25, -0.2) is 4.98 Å². The summed E-state index contributed by atoms with van der Waals surface area (Å²) in [5, 5.41) is 16.6. The number of para-hydroxylation sites is 1. The lowest BCUT2D eigenvalue weighted by Crippen LogP contribution is -2.18. The topological polar surface area (TPSA) is 83.2 Å². The van der Waals surface area contributed by atoms with Crippen molar-refractivity contribution >= 4 is 16.9 Å². The normalized spacial score (nSPS) is 10.8. The molecule has 1 heterocycles. The number of aromatic nitrogens is 2. The van der Waals surface area contributed by atoms with E-state index in [9.17, 15) is 0 Å². The first-order chi connectivity index (χ1) is 13.7. The van der Waals surface area contributed by atoms with Gasteiger partial charge in [0.1, 0.15) is 17.9 Å². The molecule has 1 aromatic heterocycles. The number of hydrogen-bond acceptors (Lipinski definition) is 4. The van der Waals surface area contributed by atoms with Gasteiger partial charge in [-0.15, -0.1) is 0 Å². The van der Waals surface area contributed by atoms with Crippen LogP contribution in [-0.2, 0) is 0 Å². The second-order valence-corrected chi connectivity index (χ2v) is 6.28. The first-order valence-corrected chi connectivity index (χ1v) is 9.00. The van der Waals surface area contributed by atoms with Crippen LogP contribution < -0.4 is 10.2 Å². The van der Waals surface area contributed by atoms with E-state index in [1.54, 1.807) is 18.5 Å². The van der Waals surface area contributed by atoms with Gasteiger partial charge >= 0.3 is 0 Å². The molecule has 0 saturated carbocycles. The summed E-state index contributed by atoms with van der Waals surface area (Å²) in [7, 11) is 0. The van der Waals surface area contributed by atoms with Crippen LogP contribution in [0.4, 0.5) is 0 Å². The van der Waals surface area contributed by atoms with E-state index in [1.165, 1.54) is 0 Å². The third kappa shape index (κ3) is 3.21. The first kappa shape index (κ1) is 17.8. The Morgan fingerprint density at radius 2 is 1.96 bits per heavy atom. The van der Waals surface area contributed by atoms with Crippen LogP contribution in [0.5, 0.6) is 5.75 Å². The van der Waals surface area contributed by atoms with Gasteiger partial charge < -0.3 is 4.74 Å². The summed E-state index contributed by atoms with van der Waals surface area (Å²) in [6.07, 6.45) is 1.76. The summed E-state index contributed by atoms with van der Waals surface area (Å²) in [4.78, 5) is 4.45. The molecule has 6 nitrogen and oxygen atoms in total. The highest BCUT2D eigenvalue weighted by atomic mass is 16.5. The van der Waals surface area contributed by atoms with E-state index in [-0.39, 0.29) is 5.84 Å². The van der Waals surface area contributed by atoms with Crippen molar-refractivity contribution in [3.05, 3.63) is 78.6 Å². The van der Waals surface area contributed by atoms with Gasteiger partial charge in [-0.3, -0.25) is 20.7 Å². The van der Waals surface area contributed by atoms with Gasteiger partial charge in [0, 0.05) is 16.8 Å². The Balaban J connectivity index is 1.77. The predicted octanol–water partition coefficient (Wildman–Crippen LogP) is 4.40. The Bertz CT molecular complexity index is 1150. The molecule has 0 aliphatic rings. The number of benzene rings is 3. The predicted molar refractivity (Wildman–Crippen MR) is 109 cm³/mol. The smallest absolute Gasteiger partial charge is 0.149 e. The monoisotopic (exact) mass is 372 g/mol. The Morgan fingerprint density at radius 1 is 1.11 bits per heavy atom. The number of hydrogen-bond donors (Lipinski definition) is 3. The van der Waals surface area contributed by atoms with Crippen LogP contribution in [-0.4, -0.2) is 27.2 Å². The van der Waals surface area contributed by atoms with Gasteiger partial charge in [-0.1, -0.05) is 30.3 Å². The largest absolute Gasteiger partial charge is 0.493 e. The molecule has 0 radical (unpaired) electrons. The molecule has 4 aromatic rings. The molecular weight excluding hydrogens is 352 g/mol. The van der Waals surface area contributed by atoms with E-state index in [1.807, 2.05) is 53.4 Å². The van der Waals surface area contributed by atoms with E-state index in [4.69, 9.17) is 15.4 Å². The minimum absolute atomic E-state index is 0.0639. The van der Waals surface area contributed by atoms with Crippen molar-refractivity contribution in [1.82, 2.24) is 15.0 Å². The quantitative estimate of drug-likeness (QED) is 0.275. The third-order valence-electron chi connectivity index (χ3n) is 4.57. The molecule has 140 valence electrons. The standard InChI is InChI=1S/C22H20N4O2/c1-2-28-21-9-4-3-8-18(21)15-6-5-7-17(12-15)26-14-24-19-13-16(22(23)25-27)10-11-20(19)26/h3-14,27H,2H2,1H3,(H2,23,25). The highest BCUT2D eigenvalue weighted by molar-refractivity contribution is 5.98. The lowest BCUT2D eigenvalue weighted by Gasteiger charge is -2.12. The molecule has 0 bridgehead atoms. The zero-order valence-corrected chi connectivity index (χ0v) is 15.4. The second-order valence-electron chi connectivity index (χ2n) is 6.28. The fraction of sp³-hybridized carbons (Fsp3) is 0.0909. The minimum Gasteiger partial charge on any atom is -0.493 e. The third-order valence-corrected chi connectivity index (χ3v) is 4.57. The van der Waals surface area contributed by atoms with Crippen molar-refractivity contribution in [1.29, 1.82) is 5.41 Å². The summed E-state index contributed by atoms with van der Waals surface area (Å²) < 4.78 is 7.77. The maximum atomic E-state index is 8.93. The molecule has 6 heteroatoms. The summed E-state index contributed by atoms with van der Waals surface area (Å²) >= 11 is 0. The van der Waals surface area contributed by atoms with Gasteiger partial charge in [0.05, 0.1) is 17.6 Å². The van der Waals surface area contributed by atoms with Crippen molar-refractivity contribution in [2.45, 2.75) is 6.92 Å². The van der Waals surface area contributed by atoms with Crippen molar-refractivity contribution in [2.24, 2.45) is 0 Å². The number of nitrogens with zero attached hydrogens (tertiary/aromatic N) is 2. The molecule has 0 aliphatic heterocycles. The molecule has 4 rings (SSSR count). The highest BCUT2D eigenvalue weighted by Gasteiger charge is 2.10. The fourth-order valence-electron chi connectivity index (χ4n) is 3.25. The molecular formula is C22H20N4O2. The number of hydroxylamine groups is 1. The Morgan fingerprint density at radius 3 is 2.79 bits per heavy atom. The lowest BCUT2D eigenvalue weighted by atomic mass is 10.0. The highest BCUT2D eigenvalue weighted by Crippen LogP contribution is 2.31. The zero-order valence-electron chi connectivity index (χ0n) is 15.4. The van der Waals surface area contributed by atoms with Crippen LogP contribution in [0, 0.1) is 5.41 Å². The Kier molecular flexibility index (Phi) is 4.78. The number of imidazole rings is 1.